The average Bonchev–Trinajstić information content (AvgIpc) is 2.58. The topological polar surface area (TPSA) is 243 Å². The van der Waals surface area contributed by atoms with Gasteiger partial charge in [-0.05, 0) is 0 Å². The van der Waals surface area contributed by atoms with Crippen molar-refractivity contribution in [3.05, 3.63) is 0 Å². The number of rotatable bonds is 0. The molecule has 0 radical (unpaired) electrons. The van der Waals surface area contributed by atoms with Crippen LogP contribution in [0.4, 0.5) is 0 Å². The van der Waals surface area contributed by atoms with E-state index in [4.69, 9.17) is 61.3 Å². The standard InChI is InChI=1S/2C6H12O6/c2*7-1-2(8)4(10)6(12)5(11)3(1)9/h2*1-12H/t2*1-,2-,3-,4+,5-,6-. The van der Waals surface area contributed by atoms with Crippen LogP contribution < -0.4 is 0 Å². The van der Waals surface area contributed by atoms with Crippen molar-refractivity contribution in [2.24, 2.45) is 0 Å². The van der Waals surface area contributed by atoms with Crippen LogP contribution in [0, 0.1) is 0 Å². The summed E-state index contributed by atoms with van der Waals surface area (Å²) in [6.07, 6.45) is -19.7. The van der Waals surface area contributed by atoms with Gasteiger partial charge in [-0.3, -0.25) is 0 Å². The van der Waals surface area contributed by atoms with E-state index < -0.39 is 73.2 Å². The van der Waals surface area contributed by atoms with Crippen molar-refractivity contribution in [1.82, 2.24) is 0 Å². The van der Waals surface area contributed by atoms with Crippen molar-refractivity contribution in [1.29, 1.82) is 0 Å². The first-order chi connectivity index (χ1) is 10.9. The SMILES string of the molecule is O[C@H]1[C@H](O)[C@@H](O)[C@H](O)[C@@H](O)[C@H]1O.O[C@H]1[C@H](O)[C@@H](O)[C@H](O)[C@@H](O)[C@H]1O. The molecule has 0 heterocycles. The summed E-state index contributed by atoms with van der Waals surface area (Å²) in [7, 11) is 0. The van der Waals surface area contributed by atoms with Crippen molar-refractivity contribution in [2.45, 2.75) is 73.2 Å². The molecule has 12 nitrogen and oxygen atoms in total. The monoisotopic (exact) mass is 360 g/mol. The minimum Gasteiger partial charge on any atom is -0.387 e. The Hall–Kier alpha value is -0.480. The zero-order chi connectivity index (χ0) is 18.9. The van der Waals surface area contributed by atoms with E-state index >= 15 is 0 Å². The third kappa shape index (κ3) is 4.01. The predicted molar refractivity (Wildman–Crippen MR) is 72.1 cm³/mol. The molecule has 2 aliphatic rings. The molecule has 12 heteroatoms. The van der Waals surface area contributed by atoms with Gasteiger partial charge in [0.15, 0.2) is 0 Å². The number of hydrogen-bond acceptors (Lipinski definition) is 12. The third-order valence-electron chi connectivity index (χ3n) is 4.20. The van der Waals surface area contributed by atoms with Gasteiger partial charge in [-0.25, -0.2) is 0 Å². The molecule has 0 atom stereocenters. The maximum Gasteiger partial charge on any atom is 0.111 e. The second-order valence-corrected chi connectivity index (χ2v) is 5.89. The highest BCUT2D eigenvalue weighted by molar-refractivity contribution is 4.99. The van der Waals surface area contributed by atoms with E-state index in [2.05, 4.69) is 0 Å². The summed E-state index contributed by atoms with van der Waals surface area (Å²) < 4.78 is 0. The Morgan fingerprint density at radius 1 is 0.167 bits per heavy atom. The van der Waals surface area contributed by atoms with Gasteiger partial charge in [0.2, 0.25) is 0 Å². The molecule has 144 valence electrons. The van der Waals surface area contributed by atoms with Crippen molar-refractivity contribution in [3.63, 3.8) is 0 Å². The fraction of sp³-hybridized carbons (Fsp3) is 1.00. The molecule has 0 aromatic carbocycles. The highest BCUT2D eigenvalue weighted by Crippen LogP contribution is 2.21. The molecule has 0 aliphatic heterocycles. The van der Waals surface area contributed by atoms with Crippen LogP contribution >= 0.6 is 0 Å². The van der Waals surface area contributed by atoms with Crippen molar-refractivity contribution < 1.29 is 61.3 Å². The van der Waals surface area contributed by atoms with Crippen molar-refractivity contribution in [2.75, 3.05) is 0 Å². The van der Waals surface area contributed by atoms with E-state index in [0.717, 1.165) is 0 Å². The van der Waals surface area contributed by atoms with Gasteiger partial charge in [-0.15, -0.1) is 0 Å². The Bertz CT molecular complexity index is 243. The first kappa shape index (κ1) is 21.6. The summed E-state index contributed by atoms with van der Waals surface area (Å²) in [6.45, 7) is 0. The lowest BCUT2D eigenvalue weighted by Crippen LogP contribution is -2.63. The van der Waals surface area contributed by atoms with Crippen molar-refractivity contribution >= 4 is 0 Å². The summed E-state index contributed by atoms with van der Waals surface area (Å²) in [5, 5.41) is 108. The van der Waals surface area contributed by atoms with E-state index in [0.29, 0.717) is 0 Å². The molecule has 2 fully saturated rings. The lowest BCUT2D eigenvalue weighted by atomic mass is 9.85. The van der Waals surface area contributed by atoms with Gasteiger partial charge >= 0.3 is 0 Å². The molecule has 2 aliphatic carbocycles. The molecule has 2 rings (SSSR count). The second kappa shape index (κ2) is 8.27. The Morgan fingerprint density at radius 3 is 0.250 bits per heavy atom. The Kier molecular flexibility index (Phi) is 7.43. The summed E-state index contributed by atoms with van der Waals surface area (Å²) in [6, 6.07) is 0. The van der Waals surface area contributed by atoms with E-state index in [1.54, 1.807) is 0 Å². The zero-order valence-corrected chi connectivity index (χ0v) is 12.3. The minimum absolute atomic E-state index is 1.64. The number of aliphatic hydroxyl groups excluding tert-OH is 12. The normalized spacial score (nSPS) is 55.5. The first-order valence-electron chi connectivity index (χ1n) is 7.10. The minimum atomic E-state index is -1.64. The van der Waals surface area contributed by atoms with E-state index in [1.165, 1.54) is 0 Å². The van der Waals surface area contributed by atoms with Gasteiger partial charge in [0.25, 0.3) is 0 Å². The van der Waals surface area contributed by atoms with Crippen LogP contribution in [0.1, 0.15) is 0 Å². The zero-order valence-electron chi connectivity index (χ0n) is 12.3. The number of hydrogen-bond donors (Lipinski definition) is 12. The molecular formula is C12H24O12. The van der Waals surface area contributed by atoms with E-state index in [9.17, 15) is 0 Å². The van der Waals surface area contributed by atoms with Crippen LogP contribution in [0.3, 0.4) is 0 Å². The van der Waals surface area contributed by atoms with Gasteiger partial charge < -0.3 is 61.3 Å². The average molecular weight is 360 g/mol. The fourth-order valence-electron chi connectivity index (χ4n) is 2.42. The predicted octanol–water partition coefficient (Wildman–Crippen LogP) is -7.67. The van der Waals surface area contributed by atoms with Gasteiger partial charge in [0.05, 0.1) is 0 Å². The van der Waals surface area contributed by atoms with Gasteiger partial charge in [0.1, 0.15) is 73.2 Å². The molecule has 2 saturated carbocycles. The van der Waals surface area contributed by atoms with E-state index in [-0.39, 0.29) is 0 Å². The molecular weight excluding hydrogens is 336 g/mol. The maximum absolute atomic E-state index is 8.97. The third-order valence-corrected chi connectivity index (χ3v) is 4.20. The summed E-state index contributed by atoms with van der Waals surface area (Å²) in [4.78, 5) is 0. The quantitative estimate of drug-likeness (QED) is 0.193. The molecule has 0 amide bonds. The Balaban J connectivity index is 0.000000240. The maximum atomic E-state index is 8.97. The van der Waals surface area contributed by atoms with Gasteiger partial charge in [-0.2, -0.15) is 0 Å². The van der Waals surface area contributed by atoms with Crippen LogP contribution in [0.25, 0.3) is 0 Å². The van der Waals surface area contributed by atoms with E-state index in [1.807, 2.05) is 0 Å². The summed E-state index contributed by atoms with van der Waals surface area (Å²) >= 11 is 0. The first-order valence-corrected chi connectivity index (χ1v) is 7.10. The van der Waals surface area contributed by atoms with Gasteiger partial charge in [0, 0.05) is 0 Å². The van der Waals surface area contributed by atoms with Crippen LogP contribution in [0.15, 0.2) is 0 Å². The summed E-state index contributed by atoms with van der Waals surface area (Å²) in [5.41, 5.74) is 0. The lowest BCUT2D eigenvalue weighted by molar-refractivity contribution is -0.223. The summed E-state index contributed by atoms with van der Waals surface area (Å²) in [5.74, 6) is 0. The Labute approximate surface area is 135 Å². The van der Waals surface area contributed by atoms with Gasteiger partial charge in [-0.1, -0.05) is 0 Å². The molecule has 0 aromatic heterocycles. The smallest absolute Gasteiger partial charge is 0.111 e. The Morgan fingerprint density at radius 2 is 0.208 bits per heavy atom. The molecule has 0 saturated heterocycles. The molecule has 0 unspecified atom stereocenters. The second-order valence-electron chi connectivity index (χ2n) is 5.89. The molecule has 0 bridgehead atoms. The van der Waals surface area contributed by atoms with Crippen LogP contribution in [0.5, 0.6) is 0 Å². The highest BCUT2D eigenvalue weighted by Gasteiger charge is 2.48. The van der Waals surface area contributed by atoms with Crippen LogP contribution in [-0.4, -0.2) is 135 Å². The highest BCUT2D eigenvalue weighted by atomic mass is 16.4. The van der Waals surface area contributed by atoms with Crippen LogP contribution in [0.2, 0.25) is 0 Å². The molecule has 12 N–H and O–H groups in total. The molecule has 24 heavy (non-hydrogen) atoms. The van der Waals surface area contributed by atoms with Crippen molar-refractivity contribution in [3.8, 4) is 0 Å². The number of aliphatic hydroxyl groups is 12. The molecule has 0 aromatic rings. The fourth-order valence-corrected chi connectivity index (χ4v) is 2.42. The lowest BCUT2D eigenvalue weighted by Gasteiger charge is -2.39. The largest absolute Gasteiger partial charge is 0.387 e. The molecule has 0 spiro atoms. The van der Waals surface area contributed by atoms with Crippen LogP contribution in [-0.2, 0) is 0 Å².